The Hall–Kier alpha value is -0.980. The maximum Gasteiger partial charge on any atom is 0.400 e. The monoisotopic (exact) mass is 241 g/mol. The minimum atomic E-state index is -4.50. The van der Waals surface area contributed by atoms with Crippen molar-refractivity contribution in [3.63, 3.8) is 0 Å². The lowest BCUT2D eigenvalue weighted by atomic mass is 10.1. The zero-order valence-electron chi connectivity index (χ0n) is 9.38. The van der Waals surface area contributed by atoms with Crippen LogP contribution in [0.1, 0.15) is 26.7 Å². The van der Waals surface area contributed by atoms with Crippen LogP contribution in [-0.2, 0) is 0 Å². The lowest BCUT2D eigenvalue weighted by Crippen LogP contribution is -2.44. The lowest BCUT2D eigenvalue weighted by molar-refractivity contribution is -0.155. The number of nitrogens with two attached hydrogens (primary N) is 1. The summed E-state index contributed by atoms with van der Waals surface area (Å²) in [4.78, 5) is 0. The summed E-state index contributed by atoms with van der Waals surface area (Å²) < 4.78 is 37.4. The number of rotatable bonds is 6. The van der Waals surface area contributed by atoms with Gasteiger partial charge in [0.25, 0.3) is 0 Å². The fraction of sp³-hybridized carbons (Fsp3) is 0.889. The van der Waals surface area contributed by atoms with Gasteiger partial charge in [-0.1, -0.05) is 18.5 Å². The first-order valence-electron chi connectivity index (χ1n) is 5.10. The van der Waals surface area contributed by atoms with Gasteiger partial charge in [0.2, 0.25) is 0 Å². The van der Waals surface area contributed by atoms with Crippen molar-refractivity contribution in [2.45, 2.75) is 38.9 Å². The molecule has 16 heavy (non-hydrogen) atoms. The summed E-state index contributed by atoms with van der Waals surface area (Å²) in [5.74, 6) is -2.76. The van der Waals surface area contributed by atoms with Crippen LogP contribution in [0.5, 0.6) is 0 Å². The van der Waals surface area contributed by atoms with Crippen LogP contribution < -0.4 is 11.1 Å². The summed E-state index contributed by atoms with van der Waals surface area (Å²) in [6.07, 6.45) is -2.84. The molecule has 2 atom stereocenters. The molecule has 4 N–H and O–H groups in total. The van der Waals surface area contributed by atoms with Crippen molar-refractivity contribution in [3.05, 3.63) is 0 Å². The number of nitrogens with zero attached hydrogens (tertiary/aromatic N) is 1. The zero-order valence-corrected chi connectivity index (χ0v) is 9.38. The van der Waals surface area contributed by atoms with E-state index in [4.69, 9.17) is 10.9 Å². The van der Waals surface area contributed by atoms with E-state index in [0.717, 1.165) is 12.8 Å². The molecule has 0 saturated heterocycles. The predicted molar refractivity (Wildman–Crippen MR) is 55.3 cm³/mol. The van der Waals surface area contributed by atoms with Crippen molar-refractivity contribution in [2.24, 2.45) is 16.8 Å². The minimum Gasteiger partial charge on any atom is -0.409 e. The number of alkyl halides is 3. The smallest absolute Gasteiger partial charge is 0.400 e. The minimum absolute atomic E-state index is 0.0265. The molecule has 0 fully saturated rings. The highest BCUT2D eigenvalue weighted by Gasteiger charge is 2.42. The molecule has 0 amide bonds. The third kappa shape index (κ3) is 5.20. The number of amidine groups is 1. The van der Waals surface area contributed by atoms with Crippen molar-refractivity contribution < 1.29 is 18.4 Å². The lowest BCUT2D eigenvalue weighted by Gasteiger charge is -2.21. The van der Waals surface area contributed by atoms with E-state index in [1.165, 1.54) is 0 Å². The Balaban J connectivity index is 4.35. The third-order valence-electron chi connectivity index (χ3n) is 2.26. The van der Waals surface area contributed by atoms with Crippen LogP contribution >= 0.6 is 0 Å². The number of nitrogens with one attached hydrogen (secondary N) is 1. The molecule has 0 aromatic rings. The molecule has 4 nitrogen and oxygen atoms in total. The molecule has 7 heteroatoms. The number of hydrogen-bond acceptors (Lipinski definition) is 3. The Morgan fingerprint density at radius 1 is 1.50 bits per heavy atom. The Labute approximate surface area is 92.7 Å². The average Bonchev–Trinajstić information content (AvgIpc) is 2.16. The van der Waals surface area contributed by atoms with Crippen molar-refractivity contribution >= 4 is 5.84 Å². The quantitative estimate of drug-likeness (QED) is 0.287. The molecule has 0 heterocycles. The molecule has 96 valence electrons. The van der Waals surface area contributed by atoms with E-state index < -0.39 is 17.9 Å². The molecule has 0 aromatic carbocycles. The summed E-state index contributed by atoms with van der Waals surface area (Å²) in [7, 11) is 0. The van der Waals surface area contributed by atoms with E-state index >= 15 is 0 Å². The molecule has 0 rings (SSSR count). The van der Waals surface area contributed by atoms with Gasteiger partial charge in [-0.25, -0.2) is 0 Å². The van der Waals surface area contributed by atoms with Gasteiger partial charge in [0.05, 0.1) is 0 Å². The van der Waals surface area contributed by atoms with E-state index in [1.807, 2.05) is 6.92 Å². The first kappa shape index (κ1) is 15.0. The normalized spacial score (nSPS) is 17.2. The first-order chi connectivity index (χ1) is 7.32. The van der Waals surface area contributed by atoms with Crippen LogP contribution in [0.4, 0.5) is 13.2 Å². The summed E-state index contributed by atoms with van der Waals surface area (Å²) in [6, 6.07) is -0.0265. The van der Waals surface area contributed by atoms with E-state index in [9.17, 15) is 13.2 Å². The Morgan fingerprint density at radius 2 is 2.06 bits per heavy atom. The van der Waals surface area contributed by atoms with Crippen LogP contribution in [0.15, 0.2) is 5.16 Å². The van der Waals surface area contributed by atoms with E-state index in [-0.39, 0.29) is 12.6 Å². The Morgan fingerprint density at radius 3 is 2.44 bits per heavy atom. The molecule has 0 saturated carbocycles. The second-order valence-corrected chi connectivity index (χ2v) is 3.72. The van der Waals surface area contributed by atoms with Gasteiger partial charge in [-0.05, 0) is 13.3 Å². The largest absolute Gasteiger partial charge is 0.409 e. The van der Waals surface area contributed by atoms with E-state index in [1.54, 1.807) is 6.92 Å². The zero-order chi connectivity index (χ0) is 12.8. The maximum absolute atomic E-state index is 12.5. The van der Waals surface area contributed by atoms with Gasteiger partial charge < -0.3 is 16.3 Å². The molecule has 0 radical (unpaired) electrons. The molecular formula is C9H18F3N3O. The second kappa shape index (κ2) is 6.57. The van der Waals surface area contributed by atoms with Gasteiger partial charge >= 0.3 is 6.18 Å². The molecule has 0 aromatic heterocycles. The summed E-state index contributed by atoms with van der Waals surface area (Å²) in [5, 5.41) is 13.4. The molecule has 0 bridgehead atoms. The van der Waals surface area contributed by atoms with Crippen molar-refractivity contribution in [1.29, 1.82) is 0 Å². The summed E-state index contributed by atoms with van der Waals surface area (Å²) in [6.45, 7) is 3.37. The maximum atomic E-state index is 12.5. The molecule has 0 aliphatic rings. The van der Waals surface area contributed by atoms with Crippen molar-refractivity contribution in [2.75, 3.05) is 6.54 Å². The van der Waals surface area contributed by atoms with Gasteiger partial charge in [0.15, 0.2) is 5.84 Å². The average molecular weight is 241 g/mol. The predicted octanol–water partition coefficient (Wildman–Crippen LogP) is 1.69. The van der Waals surface area contributed by atoms with Crippen molar-refractivity contribution in [3.8, 4) is 0 Å². The van der Waals surface area contributed by atoms with Gasteiger partial charge in [-0.3, -0.25) is 0 Å². The molecule has 0 spiro atoms. The third-order valence-corrected chi connectivity index (χ3v) is 2.26. The fourth-order valence-electron chi connectivity index (χ4n) is 1.31. The van der Waals surface area contributed by atoms with Crippen LogP contribution in [0.2, 0.25) is 0 Å². The first-order valence-corrected chi connectivity index (χ1v) is 5.10. The Kier molecular flexibility index (Phi) is 6.17. The number of hydrogen-bond donors (Lipinski definition) is 3. The fourth-order valence-corrected chi connectivity index (χ4v) is 1.31. The number of halogens is 3. The van der Waals surface area contributed by atoms with Crippen molar-refractivity contribution in [1.82, 2.24) is 5.32 Å². The standard InChI is InChI=1S/C9H18F3N3O/c1-3-4-6(2)14-5-7(8(13)15-16)9(10,11)12/h6-7,14,16H,3-5H2,1-2H3,(H2,13,15). The van der Waals surface area contributed by atoms with Gasteiger partial charge in [-0.15, -0.1) is 0 Å². The molecule has 2 unspecified atom stereocenters. The summed E-state index contributed by atoms with van der Waals surface area (Å²) >= 11 is 0. The second-order valence-electron chi connectivity index (χ2n) is 3.72. The topological polar surface area (TPSA) is 70.6 Å². The van der Waals surface area contributed by atoms with Crippen LogP contribution in [0.3, 0.4) is 0 Å². The van der Waals surface area contributed by atoms with E-state index in [2.05, 4.69) is 10.5 Å². The van der Waals surface area contributed by atoms with Crippen LogP contribution in [0, 0.1) is 5.92 Å². The molecular weight excluding hydrogens is 223 g/mol. The van der Waals surface area contributed by atoms with Gasteiger partial charge in [0, 0.05) is 12.6 Å². The molecule has 0 aliphatic carbocycles. The van der Waals surface area contributed by atoms with E-state index in [0.29, 0.717) is 0 Å². The summed E-state index contributed by atoms with van der Waals surface area (Å²) in [5.41, 5.74) is 5.00. The highest BCUT2D eigenvalue weighted by Crippen LogP contribution is 2.26. The van der Waals surface area contributed by atoms with Gasteiger partial charge in [0.1, 0.15) is 5.92 Å². The molecule has 0 aliphatic heterocycles. The SMILES string of the molecule is CCCC(C)NCC(C(N)=NO)C(F)(F)F. The van der Waals surface area contributed by atoms with Crippen LogP contribution in [0.25, 0.3) is 0 Å². The Bertz CT molecular complexity index is 231. The number of oxime groups is 1. The highest BCUT2D eigenvalue weighted by atomic mass is 19.4. The van der Waals surface area contributed by atoms with Gasteiger partial charge in [-0.2, -0.15) is 13.2 Å². The van der Waals surface area contributed by atoms with Crippen LogP contribution in [-0.4, -0.2) is 29.8 Å². The highest BCUT2D eigenvalue weighted by molar-refractivity contribution is 5.83.